The average molecular weight is 316 g/mol. The van der Waals surface area contributed by atoms with Gasteiger partial charge in [0, 0.05) is 21.7 Å². The van der Waals surface area contributed by atoms with Gasteiger partial charge in [-0.25, -0.2) is 0 Å². The fraction of sp³-hybridized carbons (Fsp3) is 0.222. The van der Waals surface area contributed by atoms with Gasteiger partial charge in [-0.1, -0.05) is 41.9 Å². The Morgan fingerprint density at radius 3 is 2.18 bits per heavy atom. The smallest absolute Gasteiger partial charge is 0.252 e. The molecule has 0 aliphatic rings. The summed E-state index contributed by atoms with van der Waals surface area (Å²) in [6.45, 7) is 5.67. The highest BCUT2D eigenvalue weighted by Gasteiger charge is 2.22. The van der Waals surface area contributed by atoms with Crippen molar-refractivity contribution in [1.29, 1.82) is 0 Å². The first-order valence-electron chi connectivity index (χ1n) is 7.00. The van der Waals surface area contributed by atoms with Crippen molar-refractivity contribution in [3.05, 3.63) is 70.2 Å². The highest BCUT2D eigenvalue weighted by Crippen LogP contribution is 2.20. The quantitative estimate of drug-likeness (QED) is 0.867. The average Bonchev–Trinajstić information content (AvgIpc) is 2.45. The number of carbonyl (C=O) groups is 2. The third-order valence-electron chi connectivity index (χ3n) is 3.00. The molecule has 1 N–H and O–H groups in total. The molecular weight excluding hydrogens is 298 g/mol. The molecule has 0 saturated heterocycles. The lowest BCUT2D eigenvalue weighted by molar-refractivity contribution is 0.0910. The van der Waals surface area contributed by atoms with Crippen LogP contribution >= 0.6 is 11.6 Å². The molecule has 0 spiro atoms. The lowest BCUT2D eigenvalue weighted by Gasteiger charge is -2.21. The van der Waals surface area contributed by atoms with Crippen LogP contribution in [0.4, 0.5) is 0 Å². The van der Waals surface area contributed by atoms with E-state index in [1.807, 2.05) is 26.8 Å². The first kappa shape index (κ1) is 16.2. The second kappa shape index (κ2) is 6.32. The molecule has 0 radical (unpaired) electrons. The van der Waals surface area contributed by atoms with E-state index in [-0.39, 0.29) is 17.2 Å². The first-order valence-corrected chi connectivity index (χ1v) is 7.37. The van der Waals surface area contributed by atoms with E-state index in [9.17, 15) is 9.59 Å². The molecule has 2 aromatic rings. The van der Waals surface area contributed by atoms with E-state index in [1.165, 1.54) is 6.07 Å². The van der Waals surface area contributed by atoms with Crippen LogP contribution in [0.3, 0.4) is 0 Å². The van der Waals surface area contributed by atoms with Crippen LogP contribution in [0.25, 0.3) is 0 Å². The maximum absolute atomic E-state index is 12.7. The number of carbonyl (C=O) groups excluding carboxylic acids is 2. The fourth-order valence-corrected chi connectivity index (χ4v) is 2.23. The highest BCUT2D eigenvalue weighted by atomic mass is 35.5. The molecule has 0 bridgehead atoms. The third kappa shape index (κ3) is 3.95. The minimum absolute atomic E-state index is 0.220. The zero-order valence-electron chi connectivity index (χ0n) is 12.8. The van der Waals surface area contributed by atoms with Crippen molar-refractivity contribution >= 4 is 23.3 Å². The molecular formula is C18H18ClNO2. The largest absolute Gasteiger partial charge is 0.347 e. The summed E-state index contributed by atoms with van der Waals surface area (Å²) in [4.78, 5) is 25.1. The van der Waals surface area contributed by atoms with Gasteiger partial charge < -0.3 is 5.32 Å². The van der Waals surface area contributed by atoms with E-state index in [1.54, 1.807) is 36.4 Å². The highest BCUT2D eigenvalue weighted by molar-refractivity contribution is 6.31. The van der Waals surface area contributed by atoms with Crippen LogP contribution < -0.4 is 5.32 Å². The monoisotopic (exact) mass is 315 g/mol. The Bertz CT molecular complexity index is 703. The summed E-state index contributed by atoms with van der Waals surface area (Å²) in [6, 6.07) is 13.6. The molecule has 0 aromatic heterocycles. The molecule has 22 heavy (non-hydrogen) atoms. The van der Waals surface area contributed by atoms with Gasteiger partial charge in [0.15, 0.2) is 5.78 Å². The summed E-state index contributed by atoms with van der Waals surface area (Å²) < 4.78 is 0. The number of amides is 1. The Kier molecular flexibility index (Phi) is 4.67. The van der Waals surface area contributed by atoms with Gasteiger partial charge in [0.05, 0.1) is 5.56 Å². The molecule has 0 heterocycles. The van der Waals surface area contributed by atoms with Gasteiger partial charge in [0.25, 0.3) is 5.91 Å². The Balaban J connectivity index is 2.45. The molecule has 0 aliphatic carbocycles. The Morgan fingerprint density at radius 1 is 0.955 bits per heavy atom. The van der Waals surface area contributed by atoms with Crippen molar-refractivity contribution in [2.75, 3.05) is 0 Å². The molecule has 0 aliphatic heterocycles. The standard InChI is InChI=1S/C18H18ClNO2/c1-18(2,3)20-17(22)14-10-9-13(19)11-15(14)16(21)12-7-5-4-6-8-12/h4-11H,1-3H3,(H,20,22). The van der Waals surface area contributed by atoms with Gasteiger partial charge in [-0.3, -0.25) is 9.59 Å². The van der Waals surface area contributed by atoms with Crippen molar-refractivity contribution in [2.24, 2.45) is 0 Å². The van der Waals surface area contributed by atoms with Crippen LogP contribution in [-0.4, -0.2) is 17.2 Å². The molecule has 2 rings (SSSR count). The number of hydrogen-bond donors (Lipinski definition) is 1. The van der Waals surface area contributed by atoms with Gasteiger partial charge in [0.1, 0.15) is 0 Å². The zero-order chi connectivity index (χ0) is 16.3. The molecule has 0 unspecified atom stereocenters. The Hall–Kier alpha value is -2.13. The molecule has 0 fully saturated rings. The summed E-state index contributed by atoms with van der Waals surface area (Å²) in [5, 5.41) is 3.29. The van der Waals surface area contributed by atoms with E-state index in [4.69, 9.17) is 11.6 Å². The van der Waals surface area contributed by atoms with E-state index in [0.717, 1.165) is 0 Å². The lowest BCUT2D eigenvalue weighted by Crippen LogP contribution is -2.41. The van der Waals surface area contributed by atoms with Crippen molar-refractivity contribution in [2.45, 2.75) is 26.3 Å². The molecule has 114 valence electrons. The third-order valence-corrected chi connectivity index (χ3v) is 3.23. The van der Waals surface area contributed by atoms with Crippen LogP contribution in [0.1, 0.15) is 47.1 Å². The van der Waals surface area contributed by atoms with E-state index >= 15 is 0 Å². The molecule has 0 atom stereocenters. The molecule has 2 aromatic carbocycles. The Labute approximate surface area is 135 Å². The maximum Gasteiger partial charge on any atom is 0.252 e. The van der Waals surface area contributed by atoms with Crippen LogP contribution in [0.5, 0.6) is 0 Å². The normalized spacial score (nSPS) is 11.1. The van der Waals surface area contributed by atoms with Crippen LogP contribution in [-0.2, 0) is 0 Å². The summed E-state index contributed by atoms with van der Waals surface area (Å²) in [5.74, 6) is -0.509. The summed E-state index contributed by atoms with van der Waals surface area (Å²) in [7, 11) is 0. The number of hydrogen-bond acceptors (Lipinski definition) is 2. The zero-order valence-corrected chi connectivity index (χ0v) is 13.6. The molecule has 4 heteroatoms. The number of rotatable bonds is 3. The molecule has 1 amide bonds. The first-order chi connectivity index (χ1) is 10.3. The number of benzene rings is 2. The van der Waals surface area contributed by atoms with Crippen molar-refractivity contribution < 1.29 is 9.59 Å². The van der Waals surface area contributed by atoms with Gasteiger partial charge in [0.2, 0.25) is 0 Å². The molecule has 0 saturated carbocycles. The van der Waals surface area contributed by atoms with Gasteiger partial charge in [-0.15, -0.1) is 0 Å². The minimum atomic E-state index is -0.385. The predicted molar refractivity (Wildman–Crippen MR) is 88.5 cm³/mol. The van der Waals surface area contributed by atoms with Crippen molar-refractivity contribution in [1.82, 2.24) is 5.32 Å². The number of nitrogens with one attached hydrogen (secondary N) is 1. The minimum Gasteiger partial charge on any atom is -0.347 e. The maximum atomic E-state index is 12.7. The van der Waals surface area contributed by atoms with E-state index in [2.05, 4.69) is 5.32 Å². The topological polar surface area (TPSA) is 46.2 Å². The summed E-state index contributed by atoms with van der Waals surface area (Å²) in [5.41, 5.74) is 0.771. The number of halogens is 1. The summed E-state index contributed by atoms with van der Waals surface area (Å²) >= 11 is 6.00. The van der Waals surface area contributed by atoms with Crippen LogP contribution in [0.15, 0.2) is 48.5 Å². The Morgan fingerprint density at radius 2 is 1.59 bits per heavy atom. The van der Waals surface area contributed by atoms with Gasteiger partial charge in [-0.2, -0.15) is 0 Å². The van der Waals surface area contributed by atoms with Crippen LogP contribution in [0, 0.1) is 0 Å². The van der Waals surface area contributed by atoms with E-state index in [0.29, 0.717) is 21.7 Å². The lowest BCUT2D eigenvalue weighted by atomic mass is 9.97. The second-order valence-electron chi connectivity index (χ2n) is 6.09. The van der Waals surface area contributed by atoms with Crippen LogP contribution in [0.2, 0.25) is 5.02 Å². The second-order valence-corrected chi connectivity index (χ2v) is 6.53. The van der Waals surface area contributed by atoms with Gasteiger partial charge >= 0.3 is 0 Å². The summed E-state index contributed by atoms with van der Waals surface area (Å²) in [6.07, 6.45) is 0. The molecule has 3 nitrogen and oxygen atoms in total. The van der Waals surface area contributed by atoms with Gasteiger partial charge in [-0.05, 0) is 39.0 Å². The van der Waals surface area contributed by atoms with E-state index < -0.39 is 0 Å². The predicted octanol–water partition coefficient (Wildman–Crippen LogP) is 4.10. The van der Waals surface area contributed by atoms with Crippen molar-refractivity contribution in [3.63, 3.8) is 0 Å². The van der Waals surface area contributed by atoms with Crippen molar-refractivity contribution in [3.8, 4) is 0 Å². The SMILES string of the molecule is CC(C)(C)NC(=O)c1ccc(Cl)cc1C(=O)c1ccccc1. The fourth-order valence-electron chi connectivity index (χ4n) is 2.06. The number of ketones is 1.